The number of nitrogens with zero attached hydrogens (tertiary/aromatic N) is 3. The molecule has 0 saturated carbocycles. The van der Waals surface area contributed by atoms with Gasteiger partial charge in [-0.15, -0.1) is 0 Å². The first-order valence-corrected chi connectivity index (χ1v) is 17.2. The molecule has 2 aromatic rings. The molecule has 0 aromatic heterocycles. The quantitative estimate of drug-likeness (QED) is 0.168. The number of rotatable bonds is 16. The number of benzene rings is 2. The Balaban J connectivity index is 1.18. The average molecular weight is 675 g/mol. The lowest BCUT2D eigenvalue weighted by atomic mass is 9.88. The zero-order chi connectivity index (χ0) is 33.8. The van der Waals surface area contributed by atoms with E-state index < -0.39 is 12.1 Å². The lowest BCUT2D eigenvalue weighted by Crippen LogP contribution is -2.55. The number of nitrogens with one attached hydrogen (secondary N) is 2. The summed E-state index contributed by atoms with van der Waals surface area (Å²) in [6.45, 7) is 9.29. The van der Waals surface area contributed by atoms with Crippen molar-refractivity contribution >= 4 is 29.1 Å². The minimum absolute atomic E-state index is 0.0104. The molecule has 2 aliphatic rings. The van der Waals surface area contributed by atoms with Gasteiger partial charge in [-0.3, -0.25) is 14.5 Å². The molecule has 0 radical (unpaired) electrons. The number of piperazine rings is 1. The van der Waals surface area contributed by atoms with Crippen molar-refractivity contribution in [2.24, 2.45) is 23.1 Å². The van der Waals surface area contributed by atoms with E-state index in [2.05, 4.69) is 20.4 Å². The number of likely N-dealkylation sites (tertiary alicyclic amines) is 1. The Morgan fingerprint density at radius 2 is 1.79 bits per heavy atom. The van der Waals surface area contributed by atoms with Gasteiger partial charge in [0.15, 0.2) is 0 Å². The first-order chi connectivity index (χ1) is 22.7. The van der Waals surface area contributed by atoms with Crippen molar-refractivity contribution in [1.82, 2.24) is 20.0 Å². The molecule has 260 valence electrons. The van der Waals surface area contributed by atoms with Gasteiger partial charge in [0, 0.05) is 68.6 Å². The van der Waals surface area contributed by atoms with Gasteiger partial charge in [0.1, 0.15) is 11.6 Å². The van der Waals surface area contributed by atoms with Gasteiger partial charge in [-0.2, -0.15) is 0 Å². The molecule has 4 rings (SSSR count). The van der Waals surface area contributed by atoms with Gasteiger partial charge in [0.05, 0.1) is 18.7 Å². The van der Waals surface area contributed by atoms with Crippen molar-refractivity contribution in [1.29, 1.82) is 0 Å². The Hall–Kier alpha value is -3.00. The Morgan fingerprint density at radius 1 is 1.04 bits per heavy atom. The number of anilines is 1. The highest BCUT2D eigenvalue weighted by molar-refractivity contribution is 6.30. The maximum Gasteiger partial charge on any atom is 0.239 e. The van der Waals surface area contributed by atoms with Crippen molar-refractivity contribution < 1.29 is 18.7 Å². The van der Waals surface area contributed by atoms with Crippen LogP contribution >= 0.6 is 11.6 Å². The minimum atomic E-state index is -0.591. The standard InChI is InChI=1S/C34H52ClFN8O3/c1-2-47-31-5-3-4-28(36)27(31)23-43-18-20-44(21-19-43)34(46)32(39)24-9-15-42(16-10-24)17-11-25-22-26(35)6-7-30(25)40-13-14-41-33(45)29(38)8-12-37/h3-7,22,24,29,32,40H,2,8-21,23,37-39H2,1H3,(H,41,45)/t29-,32+/m0/s1. The molecule has 13 heteroatoms. The monoisotopic (exact) mass is 674 g/mol. The summed E-state index contributed by atoms with van der Waals surface area (Å²) in [6, 6.07) is 9.62. The molecule has 2 atom stereocenters. The summed E-state index contributed by atoms with van der Waals surface area (Å²) in [5.74, 6) is 0.257. The Kier molecular flexibility index (Phi) is 14.5. The summed E-state index contributed by atoms with van der Waals surface area (Å²) < 4.78 is 20.2. The number of amides is 2. The van der Waals surface area contributed by atoms with Gasteiger partial charge in [-0.25, -0.2) is 4.39 Å². The van der Waals surface area contributed by atoms with Gasteiger partial charge in [0.25, 0.3) is 0 Å². The fraction of sp³-hybridized carbons (Fsp3) is 0.588. The van der Waals surface area contributed by atoms with Crippen LogP contribution < -0.4 is 32.6 Å². The second kappa shape index (κ2) is 18.5. The first-order valence-electron chi connectivity index (χ1n) is 16.8. The first kappa shape index (κ1) is 36.8. The second-order valence-electron chi connectivity index (χ2n) is 12.4. The van der Waals surface area contributed by atoms with Gasteiger partial charge >= 0.3 is 0 Å². The molecule has 0 aliphatic carbocycles. The van der Waals surface area contributed by atoms with Crippen LogP contribution in [0, 0.1) is 11.7 Å². The Morgan fingerprint density at radius 3 is 2.49 bits per heavy atom. The van der Waals surface area contributed by atoms with Crippen molar-refractivity contribution in [3.63, 3.8) is 0 Å². The second-order valence-corrected chi connectivity index (χ2v) is 12.8. The predicted octanol–water partition coefficient (Wildman–Crippen LogP) is 2.01. The van der Waals surface area contributed by atoms with Crippen LogP contribution in [0.4, 0.5) is 10.1 Å². The normalized spacial score (nSPS) is 17.7. The fourth-order valence-corrected chi connectivity index (χ4v) is 6.52. The largest absolute Gasteiger partial charge is 0.493 e. The number of hydrogen-bond donors (Lipinski definition) is 5. The highest BCUT2D eigenvalue weighted by Crippen LogP contribution is 2.26. The summed E-state index contributed by atoms with van der Waals surface area (Å²) in [7, 11) is 0. The maximum absolute atomic E-state index is 14.5. The third-order valence-corrected chi connectivity index (χ3v) is 9.42. The van der Waals surface area contributed by atoms with Crippen LogP contribution in [0.25, 0.3) is 0 Å². The zero-order valence-corrected chi connectivity index (χ0v) is 28.3. The van der Waals surface area contributed by atoms with Crippen LogP contribution in [0.3, 0.4) is 0 Å². The topological polar surface area (TPSA) is 155 Å². The number of carbonyl (C=O) groups is 2. The van der Waals surface area contributed by atoms with Crippen LogP contribution in [-0.4, -0.2) is 111 Å². The van der Waals surface area contributed by atoms with Crippen LogP contribution in [0.5, 0.6) is 5.75 Å². The lowest BCUT2D eigenvalue weighted by molar-refractivity contribution is -0.136. The molecule has 2 aromatic carbocycles. The number of halogens is 2. The van der Waals surface area contributed by atoms with E-state index in [0.29, 0.717) is 81.7 Å². The molecular weight excluding hydrogens is 623 g/mol. The van der Waals surface area contributed by atoms with E-state index in [4.69, 9.17) is 33.5 Å². The molecule has 0 bridgehead atoms. The number of ether oxygens (including phenoxy) is 1. The minimum Gasteiger partial charge on any atom is -0.493 e. The molecule has 0 unspecified atom stereocenters. The van der Waals surface area contributed by atoms with Crippen molar-refractivity contribution in [3.05, 3.63) is 58.4 Å². The lowest BCUT2D eigenvalue weighted by Gasteiger charge is -2.39. The molecule has 2 aliphatic heterocycles. The molecule has 2 amide bonds. The van der Waals surface area contributed by atoms with E-state index in [1.165, 1.54) is 6.07 Å². The fourth-order valence-electron chi connectivity index (χ4n) is 6.33. The number of carbonyl (C=O) groups excluding carboxylic acids is 2. The third-order valence-electron chi connectivity index (χ3n) is 9.19. The number of piperidine rings is 1. The van der Waals surface area contributed by atoms with Crippen LogP contribution in [0.1, 0.15) is 37.3 Å². The highest BCUT2D eigenvalue weighted by atomic mass is 35.5. The summed E-state index contributed by atoms with van der Waals surface area (Å²) in [5, 5.41) is 6.92. The zero-order valence-electron chi connectivity index (χ0n) is 27.6. The average Bonchev–Trinajstić information content (AvgIpc) is 3.08. The SMILES string of the molecule is CCOc1cccc(F)c1CN1CCN(C(=O)[C@H](N)C2CCN(CCc3cc(Cl)ccc3NCCNC(=O)[C@@H](N)CCN)CC2)CC1. The van der Waals surface area contributed by atoms with E-state index >= 15 is 0 Å². The molecule has 47 heavy (non-hydrogen) atoms. The van der Waals surface area contributed by atoms with E-state index in [0.717, 1.165) is 50.1 Å². The van der Waals surface area contributed by atoms with Gasteiger partial charge in [0.2, 0.25) is 11.8 Å². The van der Waals surface area contributed by atoms with Crippen molar-refractivity contribution in [3.8, 4) is 5.75 Å². The van der Waals surface area contributed by atoms with Gasteiger partial charge in [-0.05, 0) is 94.1 Å². The van der Waals surface area contributed by atoms with Crippen molar-refractivity contribution in [2.75, 3.05) is 77.4 Å². The molecule has 2 fully saturated rings. The molecule has 2 saturated heterocycles. The summed E-state index contributed by atoms with van der Waals surface area (Å²) in [4.78, 5) is 31.8. The van der Waals surface area contributed by atoms with Gasteiger partial charge in [-0.1, -0.05) is 17.7 Å². The predicted molar refractivity (Wildman–Crippen MR) is 185 cm³/mol. The summed E-state index contributed by atoms with van der Waals surface area (Å²) >= 11 is 6.33. The van der Waals surface area contributed by atoms with Gasteiger partial charge < -0.3 is 42.4 Å². The van der Waals surface area contributed by atoms with E-state index in [1.807, 2.05) is 30.0 Å². The molecule has 11 nitrogen and oxygen atoms in total. The van der Waals surface area contributed by atoms with E-state index in [9.17, 15) is 14.0 Å². The van der Waals surface area contributed by atoms with E-state index in [-0.39, 0.29) is 23.5 Å². The Labute approximate surface area is 283 Å². The molecule has 8 N–H and O–H groups in total. The van der Waals surface area contributed by atoms with Crippen LogP contribution in [-0.2, 0) is 22.6 Å². The smallest absolute Gasteiger partial charge is 0.239 e. The molecular formula is C34H52ClFN8O3. The highest BCUT2D eigenvalue weighted by Gasteiger charge is 2.33. The third kappa shape index (κ3) is 10.8. The van der Waals surface area contributed by atoms with Crippen LogP contribution in [0.2, 0.25) is 5.02 Å². The number of nitrogens with two attached hydrogens (primary N) is 3. The van der Waals surface area contributed by atoms with Crippen molar-refractivity contribution in [2.45, 2.75) is 51.2 Å². The molecule has 0 spiro atoms. The van der Waals surface area contributed by atoms with Crippen LogP contribution in [0.15, 0.2) is 36.4 Å². The number of hydrogen-bond acceptors (Lipinski definition) is 9. The Bertz CT molecular complexity index is 1300. The van der Waals surface area contributed by atoms with E-state index in [1.54, 1.807) is 12.1 Å². The maximum atomic E-state index is 14.5. The summed E-state index contributed by atoms with van der Waals surface area (Å²) in [5.41, 5.74) is 20.5. The summed E-state index contributed by atoms with van der Waals surface area (Å²) in [6.07, 6.45) is 3.00. The molecule has 2 heterocycles.